The molecule has 1 N–H and O–H groups in total. The van der Waals surface area contributed by atoms with Crippen molar-refractivity contribution in [1.82, 2.24) is 4.72 Å². The Kier molecular flexibility index (Phi) is 4.32. The number of hydrogen-bond donors (Lipinski definition) is 1. The van der Waals surface area contributed by atoms with Gasteiger partial charge in [0.15, 0.2) is 0 Å². The quantitative estimate of drug-likeness (QED) is 0.851. The zero-order chi connectivity index (χ0) is 12.4. The van der Waals surface area contributed by atoms with Crippen LogP contribution < -0.4 is 4.72 Å². The van der Waals surface area contributed by atoms with E-state index in [4.69, 9.17) is 4.36 Å². The maximum absolute atomic E-state index is 4.86. The van der Waals surface area contributed by atoms with Gasteiger partial charge in [0.2, 0.25) is 0 Å². The van der Waals surface area contributed by atoms with Crippen LogP contribution in [-0.2, 0) is 10.9 Å². The molecule has 16 heavy (non-hydrogen) atoms. The Morgan fingerprint density at radius 3 is 2.19 bits per heavy atom. The molecule has 92 valence electrons. The average Bonchev–Trinajstić information content (AvgIpc) is 2.47. The lowest BCUT2D eigenvalue weighted by molar-refractivity contribution is 0.527. The maximum Gasteiger partial charge on any atom is 0.0610 e. The lowest BCUT2D eigenvalue weighted by Gasteiger charge is -2.25. The van der Waals surface area contributed by atoms with Crippen molar-refractivity contribution in [3.05, 3.63) is 16.8 Å². The van der Waals surface area contributed by atoms with Crippen LogP contribution in [0.5, 0.6) is 0 Å². The first-order chi connectivity index (χ1) is 7.17. The fourth-order valence-corrected chi connectivity index (χ4v) is 3.79. The molecule has 0 aliphatic rings. The molecule has 0 amide bonds. The van der Waals surface area contributed by atoms with Gasteiger partial charge in [-0.2, -0.15) is 11.3 Å². The fourth-order valence-electron chi connectivity index (χ4n) is 1.06. The number of thiophene rings is 1. The van der Waals surface area contributed by atoms with Crippen LogP contribution >= 0.6 is 11.3 Å². The van der Waals surface area contributed by atoms with Crippen molar-refractivity contribution in [2.24, 2.45) is 4.36 Å². The molecule has 0 aliphatic carbocycles. The summed E-state index contributed by atoms with van der Waals surface area (Å²) in [7, 11) is -0.210. The lowest BCUT2D eigenvalue weighted by atomic mass is 10.1. The number of nitrogens with one attached hydrogen (secondary N) is 1. The van der Waals surface area contributed by atoms with Crippen LogP contribution in [0, 0.1) is 0 Å². The summed E-state index contributed by atoms with van der Waals surface area (Å²) in [6.45, 7) is 13.0. The van der Waals surface area contributed by atoms with Crippen LogP contribution in [0.15, 0.2) is 26.1 Å². The van der Waals surface area contributed by atoms with Gasteiger partial charge < -0.3 is 0 Å². The summed E-state index contributed by atoms with van der Waals surface area (Å²) in [5, 5.41) is 4.29. The lowest BCUT2D eigenvalue weighted by Crippen LogP contribution is -2.37. The molecule has 0 saturated heterocycles. The van der Waals surface area contributed by atoms with E-state index >= 15 is 0 Å². The summed E-state index contributed by atoms with van der Waals surface area (Å²) in [5.74, 6) is 0. The first-order valence-electron chi connectivity index (χ1n) is 5.45. The highest BCUT2D eigenvalue weighted by atomic mass is 32.2. The molecule has 0 bridgehead atoms. The molecule has 1 heterocycles. The molecule has 1 aromatic rings. The molecule has 1 rings (SSSR count). The van der Waals surface area contributed by atoms with E-state index in [1.165, 1.54) is 4.90 Å². The smallest absolute Gasteiger partial charge is 0.0610 e. The molecular formula is C12H22N2S2. The van der Waals surface area contributed by atoms with Gasteiger partial charge in [0.1, 0.15) is 0 Å². The Morgan fingerprint density at radius 1 is 1.19 bits per heavy atom. The second kappa shape index (κ2) is 4.98. The molecule has 0 radical (unpaired) electrons. The number of hydrogen-bond acceptors (Lipinski definition) is 2. The molecule has 0 aromatic carbocycles. The average molecular weight is 258 g/mol. The van der Waals surface area contributed by atoms with Gasteiger partial charge >= 0.3 is 0 Å². The van der Waals surface area contributed by atoms with Crippen molar-refractivity contribution < 1.29 is 0 Å². The second-order valence-electron chi connectivity index (χ2n) is 5.86. The van der Waals surface area contributed by atoms with Crippen molar-refractivity contribution >= 4 is 22.2 Å². The van der Waals surface area contributed by atoms with E-state index in [0.717, 1.165) is 0 Å². The molecule has 0 saturated carbocycles. The Labute approximate surface area is 106 Å². The molecule has 1 aromatic heterocycles. The van der Waals surface area contributed by atoms with Crippen molar-refractivity contribution in [3.63, 3.8) is 0 Å². The SMILES string of the molecule is CC(C)(C)N=S(NC(C)(C)C)c1ccsc1. The first-order valence-corrected chi connectivity index (χ1v) is 7.57. The minimum absolute atomic E-state index is 0.0106. The van der Waals surface area contributed by atoms with Crippen LogP contribution in [-0.4, -0.2) is 11.1 Å². The third-order valence-electron chi connectivity index (χ3n) is 1.49. The van der Waals surface area contributed by atoms with E-state index in [1.54, 1.807) is 11.3 Å². The molecule has 1 atom stereocenters. The monoisotopic (exact) mass is 258 g/mol. The zero-order valence-electron chi connectivity index (χ0n) is 11.0. The maximum atomic E-state index is 4.86. The number of nitrogens with zero attached hydrogens (tertiary/aromatic N) is 1. The van der Waals surface area contributed by atoms with Gasteiger partial charge in [-0.3, -0.25) is 0 Å². The predicted octanol–water partition coefficient (Wildman–Crippen LogP) is 4.01. The zero-order valence-corrected chi connectivity index (χ0v) is 12.6. The molecule has 2 nitrogen and oxygen atoms in total. The van der Waals surface area contributed by atoms with Gasteiger partial charge in [-0.15, -0.1) is 0 Å². The molecule has 1 unspecified atom stereocenters. The Bertz CT molecular complexity index is 353. The summed E-state index contributed by atoms with van der Waals surface area (Å²) in [5.41, 5.74) is 0.0725. The van der Waals surface area contributed by atoms with Crippen molar-refractivity contribution in [2.75, 3.05) is 0 Å². The van der Waals surface area contributed by atoms with E-state index in [-0.39, 0.29) is 22.0 Å². The van der Waals surface area contributed by atoms with Gasteiger partial charge in [0, 0.05) is 26.7 Å². The largest absolute Gasteiger partial charge is 0.246 e. The van der Waals surface area contributed by atoms with Crippen molar-refractivity contribution in [2.45, 2.75) is 57.5 Å². The van der Waals surface area contributed by atoms with Crippen molar-refractivity contribution in [3.8, 4) is 0 Å². The Balaban J connectivity index is 3.01. The number of rotatable bonds is 2. The fraction of sp³-hybridized carbons (Fsp3) is 0.667. The molecule has 4 heteroatoms. The minimum atomic E-state index is -0.210. The Hall–Kier alpha value is -0.190. The van der Waals surface area contributed by atoms with Gasteiger partial charge in [-0.1, -0.05) is 0 Å². The van der Waals surface area contributed by atoms with Crippen LogP contribution in [0.1, 0.15) is 41.5 Å². The first kappa shape index (κ1) is 13.9. The van der Waals surface area contributed by atoms with Gasteiger partial charge in [-0.05, 0) is 53.0 Å². The minimum Gasteiger partial charge on any atom is -0.246 e. The highest BCUT2D eigenvalue weighted by molar-refractivity contribution is 7.85. The molecule has 0 fully saturated rings. The van der Waals surface area contributed by atoms with E-state index in [1.807, 2.05) is 0 Å². The van der Waals surface area contributed by atoms with E-state index < -0.39 is 0 Å². The van der Waals surface area contributed by atoms with Crippen molar-refractivity contribution in [1.29, 1.82) is 0 Å². The standard InChI is InChI=1S/C12H22N2S2/c1-11(2,3)13-16(14-12(4,5)6)10-7-8-15-9-10/h7-9H,1-6H3,(H,13,14). The van der Waals surface area contributed by atoms with Gasteiger partial charge in [0.05, 0.1) is 5.54 Å². The van der Waals surface area contributed by atoms with Gasteiger partial charge in [0.25, 0.3) is 0 Å². The predicted molar refractivity (Wildman–Crippen MR) is 75.0 cm³/mol. The highest BCUT2D eigenvalue weighted by Crippen LogP contribution is 2.18. The summed E-state index contributed by atoms with van der Waals surface area (Å²) in [4.78, 5) is 1.29. The topological polar surface area (TPSA) is 24.4 Å². The normalized spacial score (nSPS) is 15.4. The van der Waals surface area contributed by atoms with E-state index in [0.29, 0.717) is 0 Å². The molecule has 0 spiro atoms. The highest BCUT2D eigenvalue weighted by Gasteiger charge is 2.16. The van der Waals surface area contributed by atoms with E-state index in [9.17, 15) is 0 Å². The summed E-state index contributed by atoms with van der Waals surface area (Å²) < 4.78 is 8.44. The van der Waals surface area contributed by atoms with Crippen LogP contribution in [0.3, 0.4) is 0 Å². The summed E-state index contributed by atoms with van der Waals surface area (Å²) in [6, 6.07) is 2.15. The second-order valence-corrected chi connectivity index (χ2v) is 8.07. The van der Waals surface area contributed by atoms with Crippen LogP contribution in [0.25, 0.3) is 0 Å². The Morgan fingerprint density at radius 2 is 1.81 bits per heavy atom. The molecule has 0 aliphatic heterocycles. The third kappa shape index (κ3) is 5.23. The van der Waals surface area contributed by atoms with Crippen LogP contribution in [0.4, 0.5) is 0 Å². The van der Waals surface area contributed by atoms with Crippen LogP contribution in [0.2, 0.25) is 0 Å². The van der Waals surface area contributed by atoms with E-state index in [2.05, 4.69) is 63.1 Å². The third-order valence-corrected chi connectivity index (χ3v) is 4.56. The summed E-state index contributed by atoms with van der Waals surface area (Å²) >= 11 is 1.73. The summed E-state index contributed by atoms with van der Waals surface area (Å²) in [6.07, 6.45) is 0. The van der Waals surface area contributed by atoms with Gasteiger partial charge in [-0.25, -0.2) is 9.08 Å². The molecular weight excluding hydrogens is 236 g/mol.